The molecule has 2 amide bonds. The van der Waals surface area contributed by atoms with Crippen LogP contribution in [0.15, 0.2) is 147 Å². The van der Waals surface area contributed by atoms with Crippen LogP contribution in [0.25, 0.3) is 0 Å². The second-order valence-electron chi connectivity index (χ2n) is 13.7. The minimum Gasteiger partial charge on any atom is -0.306 e. The zero-order chi connectivity index (χ0) is 35.0. The molecule has 0 N–H and O–H groups in total. The number of imide groups is 1. The summed E-state index contributed by atoms with van der Waals surface area (Å²) in [7, 11) is 0. The predicted octanol–water partition coefficient (Wildman–Crippen LogP) is 12.6. The monoisotopic (exact) mass is 701 g/mol. The average Bonchev–Trinajstić information content (AvgIpc) is 3.39. The third-order valence-corrected chi connectivity index (χ3v) is 12.2. The van der Waals surface area contributed by atoms with Gasteiger partial charge in [0.1, 0.15) is 0 Å². The Balaban J connectivity index is 1.35. The third kappa shape index (κ3) is 4.94. The fourth-order valence-electron chi connectivity index (χ4n) is 7.52. The predicted molar refractivity (Wildman–Crippen MR) is 210 cm³/mol. The molecule has 0 aromatic heterocycles. The van der Waals surface area contributed by atoms with E-state index in [1.807, 2.05) is 30.3 Å². The molecule has 0 bridgehead atoms. The van der Waals surface area contributed by atoms with Crippen LogP contribution in [0.5, 0.6) is 0 Å². The molecule has 0 saturated heterocycles. The maximum Gasteiger partial charge on any atom is 0.266 e. The number of carbonyl (C=O) groups is 2. The first-order chi connectivity index (χ1) is 24.8. The highest BCUT2D eigenvalue weighted by Crippen LogP contribution is 2.58. The average molecular weight is 702 g/mol. The van der Waals surface area contributed by atoms with Gasteiger partial charge in [-0.25, -0.2) is 4.90 Å². The SMILES string of the molecule is CC(C)c1cccc(C(C)C)c1N1C(=O)c2cc(N3c4ccccc4Sc4ccccc43)c(N3c4ccccc4Sc4ccccc43)cc2C1=O. The number of carbonyl (C=O) groups excluding carboxylic acids is 2. The number of amides is 2. The van der Waals surface area contributed by atoms with Gasteiger partial charge in [-0.15, -0.1) is 0 Å². The molecule has 0 aliphatic carbocycles. The Kier molecular flexibility index (Phi) is 7.60. The van der Waals surface area contributed by atoms with Crippen LogP contribution in [0.4, 0.5) is 39.8 Å². The van der Waals surface area contributed by atoms with Gasteiger partial charge in [-0.1, -0.05) is 118 Å². The van der Waals surface area contributed by atoms with E-state index in [0.717, 1.165) is 64.8 Å². The molecule has 3 heterocycles. The van der Waals surface area contributed by atoms with Crippen molar-refractivity contribution in [3.63, 3.8) is 0 Å². The number of para-hydroxylation sites is 5. The molecule has 7 heteroatoms. The van der Waals surface area contributed by atoms with E-state index in [4.69, 9.17) is 0 Å². The summed E-state index contributed by atoms with van der Waals surface area (Å²) in [5, 5.41) is 0. The number of anilines is 7. The fourth-order valence-corrected chi connectivity index (χ4v) is 9.64. The maximum absolute atomic E-state index is 14.8. The molecule has 3 aliphatic rings. The van der Waals surface area contributed by atoms with E-state index in [1.165, 1.54) is 4.90 Å². The second kappa shape index (κ2) is 12.2. The van der Waals surface area contributed by atoms with Gasteiger partial charge in [0.2, 0.25) is 0 Å². The second-order valence-corrected chi connectivity index (χ2v) is 15.8. The molecule has 0 unspecified atom stereocenters. The van der Waals surface area contributed by atoms with Crippen LogP contribution in [-0.2, 0) is 0 Å². The molecule has 3 aliphatic heterocycles. The number of rotatable bonds is 5. The summed E-state index contributed by atoms with van der Waals surface area (Å²) in [6.07, 6.45) is 0. The van der Waals surface area contributed by atoms with Crippen molar-refractivity contribution < 1.29 is 9.59 Å². The van der Waals surface area contributed by atoms with E-state index < -0.39 is 0 Å². The van der Waals surface area contributed by atoms with Crippen molar-refractivity contribution in [3.05, 3.63) is 150 Å². The Morgan fingerprint density at radius 2 is 0.745 bits per heavy atom. The summed E-state index contributed by atoms with van der Waals surface area (Å²) in [5.41, 5.74) is 9.27. The molecule has 0 radical (unpaired) electrons. The number of hydrogen-bond donors (Lipinski definition) is 0. The Bertz CT molecular complexity index is 2170. The van der Waals surface area contributed by atoms with E-state index >= 15 is 0 Å². The van der Waals surface area contributed by atoms with E-state index in [-0.39, 0.29) is 23.7 Å². The number of benzene rings is 6. The molecule has 0 atom stereocenters. The molecular formula is C44H35N3O2S2. The minimum absolute atomic E-state index is 0.117. The zero-order valence-corrected chi connectivity index (χ0v) is 30.4. The summed E-state index contributed by atoms with van der Waals surface area (Å²) < 4.78 is 0. The van der Waals surface area contributed by atoms with Gasteiger partial charge in [0, 0.05) is 19.6 Å². The standard InChI is InChI=1S/C44H35N3O2S2/c1-26(2)28-14-13-15-29(27(3)4)42(28)47-43(48)30-24-36(45-32-16-5-9-20-38(32)50-39-21-10-6-17-33(39)45)37(25-31(30)44(47)49)46-34-18-7-11-22-40(34)51-41-23-12-8-19-35(41)46/h5-27H,1-4H3. The first-order valence-corrected chi connectivity index (χ1v) is 19.0. The largest absolute Gasteiger partial charge is 0.306 e. The highest BCUT2D eigenvalue weighted by atomic mass is 32.2. The van der Waals surface area contributed by atoms with Crippen LogP contribution in [0.2, 0.25) is 0 Å². The van der Waals surface area contributed by atoms with Crippen LogP contribution in [0.1, 0.15) is 71.4 Å². The van der Waals surface area contributed by atoms with Crippen molar-refractivity contribution >= 4 is 75.1 Å². The molecule has 9 rings (SSSR count). The van der Waals surface area contributed by atoms with Crippen molar-refractivity contribution in [2.45, 2.75) is 59.1 Å². The van der Waals surface area contributed by atoms with Crippen molar-refractivity contribution in [1.82, 2.24) is 0 Å². The van der Waals surface area contributed by atoms with Crippen LogP contribution < -0.4 is 14.7 Å². The van der Waals surface area contributed by atoms with Crippen molar-refractivity contribution in [2.75, 3.05) is 14.7 Å². The van der Waals surface area contributed by atoms with Gasteiger partial charge < -0.3 is 9.80 Å². The minimum atomic E-state index is -0.291. The van der Waals surface area contributed by atoms with Gasteiger partial charge in [0.25, 0.3) is 11.8 Å². The summed E-state index contributed by atoms with van der Waals surface area (Å²) in [5.74, 6) is -0.347. The molecule has 5 nitrogen and oxygen atoms in total. The molecule has 51 heavy (non-hydrogen) atoms. The molecule has 0 saturated carbocycles. The lowest BCUT2D eigenvalue weighted by molar-refractivity contribution is 0.0925. The fraction of sp³-hybridized carbons (Fsp3) is 0.136. The molecule has 0 spiro atoms. The molecule has 6 aromatic rings. The highest BCUT2D eigenvalue weighted by Gasteiger charge is 2.42. The lowest BCUT2D eigenvalue weighted by Crippen LogP contribution is -2.31. The van der Waals surface area contributed by atoms with Gasteiger partial charge >= 0.3 is 0 Å². The van der Waals surface area contributed by atoms with Crippen molar-refractivity contribution in [3.8, 4) is 0 Å². The van der Waals surface area contributed by atoms with Gasteiger partial charge in [-0.2, -0.15) is 0 Å². The summed E-state index contributed by atoms with van der Waals surface area (Å²) in [6.45, 7) is 8.46. The van der Waals surface area contributed by atoms with Crippen LogP contribution in [-0.4, -0.2) is 11.8 Å². The Morgan fingerprint density at radius 3 is 1.08 bits per heavy atom. The van der Waals surface area contributed by atoms with Crippen LogP contribution in [0, 0.1) is 0 Å². The normalized spacial score (nSPS) is 14.4. The topological polar surface area (TPSA) is 43.9 Å². The number of nitrogens with zero attached hydrogens (tertiary/aromatic N) is 3. The summed E-state index contributed by atoms with van der Waals surface area (Å²) in [6, 6.07) is 43.7. The van der Waals surface area contributed by atoms with Gasteiger partial charge in [0.05, 0.1) is 50.9 Å². The molecule has 250 valence electrons. The highest BCUT2D eigenvalue weighted by molar-refractivity contribution is 8.00. The summed E-state index contributed by atoms with van der Waals surface area (Å²) in [4.78, 5) is 40.1. The van der Waals surface area contributed by atoms with Gasteiger partial charge in [0.15, 0.2) is 0 Å². The molecule has 6 aromatic carbocycles. The van der Waals surface area contributed by atoms with E-state index in [9.17, 15) is 9.59 Å². The number of hydrogen-bond acceptors (Lipinski definition) is 6. The Morgan fingerprint density at radius 1 is 0.412 bits per heavy atom. The summed E-state index contributed by atoms with van der Waals surface area (Å²) >= 11 is 3.49. The van der Waals surface area contributed by atoms with E-state index in [0.29, 0.717) is 16.8 Å². The quantitative estimate of drug-likeness (QED) is 0.166. The third-order valence-electron chi connectivity index (χ3n) is 9.89. The van der Waals surface area contributed by atoms with Gasteiger partial charge in [-0.05, 0) is 83.6 Å². The first-order valence-electron chi connectivity index (χ1n) is 17.3. The molecular weight excluding hydrogens is 667 g/mol. The first kappa shape index (κ1) is 31.7. The zero-order valence-electron chi connectivity index (χ0n) is 28.8. The van der Waals surface area contributed by atoms with Crippen molar-refractivity contribution in [2.24, 2.45) is 0 Å². The van der Waals surface area contributed by atoms with Crippen LogP contribution in [0.3, 0.4) is 0 Å². The van der Waals surface area contributed by atoms with E-state index in [2.05, 4.69) is 135 Å². The Labute approximate surface area is 306 Å². The maximum atomic E-state index is 14.8. The van der Waals surface area contributed by atoms with Gasteiger partial charge in [-0.3, -0.25) is 9.59 Å². The lowest BCUT2D eigenvalue weighted by Gasteiger charge is -2.38. The van der Waals surface area contributed by atoms with Crippen molar-refractivity contribution in [1.29, 1.82) is 0 Å². The van der Waals surface area contributed by atoms with Crippen LogP contribution >= 0.6 is 23.5 Å². The van der Waals surface area contributed by atoms with E-state index in [1.54, 1.807) is 23.5 Å². The Hall–Kier alpha value is -5.24. The number of fused-ring (bicyclic) bond motifs is 5. The lowest BCUT2D eigenvalue weighted by atomic mass is 9.92. The molecule has 0 fully saturated rings. The smallest absolute Gasteiger partial charge is 0.266 e.